The van der Waals surface area contributed by atoms with Crippen LogP contribution in [0.15, 0.2) is 103 Å². The molecular formula is C43H45FN4O5Si. The van der Waals surface area contributed by atoms with E-state index < -0.39 is 37.6 Å². The Balaban J connectivity index is 1.04. The number of rotatable bonds is 9. The average Bonchev–Trinajstić information content (AvgIpc) is 3.77. The van der Waals surface area contributed by atoms with Crippen LogP contribution in [0, 0.1) is 5.92 Å². The number of H-pyrrole nitrogens is 1. The van der Waals surface area contributed by atoms with Gasteiger partial charge in [-0.05, 0) is 66.0 Å². The van der Waals surface area contributed by atoms with Gasteiger partial charge in [-0.2, -0.15) is 0 Å². The van der Waals surface area contributed by atoms with Gasteiger partial charge in [0.25, 0.3) is 5.91 Å². The molecular weight excluding hydrogens is 700 g/mol. The highest BCUT2D eigenvalue weighted by atomic mass is 28.4. The van der Waals surface area contributed by atoms with E-state index >= 15 is 4.11 Å². The lowest BCUT2D eigenvalue weighted by molar-refractivity contribution is -0.151. The van der Waals surface area contributed by atoms with E-state index in [0.717, 1.165) is 33.2 Å². The van der Waals surface area contributed by atoms with Crippen LogP contribution in [0.5, 0.6) is 0 Å². The molecule has 3 aliphatic heterocycles. The van der Waals surface area contributed by atoms with E-state index in [9.17, 15) is 19.5 Å². The number of nitrogens with one attached hydrogen (secondary N) is 2. The molecule has 1 spiro atoms. The Kier molecular flexibility index (Phi) is 9.27. The van der Waals surface area contributed by atoms with Gasteiger partial charge >= 0.3 is 0 Å². The molecule has 278 valence electrons. The minimum Gasteiger partial charge on any atom is -0.394 e. The van der Waals surface area contributed by atoms with Crippen molar-refractivity contribution >= 4 is 48.4 Å². The number of para-hydroxylation sites is 2. The molecule has 0 radical (unpaired) electrons. The third-order valence-corrected chi connectivity index (χ3v) is 14.2. The van der Waals surface area contributed by atoms with Gasteiger partial charge in [-0.15, -0.1) is 0 Å². The van der Waals surface area contributed by atoms with E-state index in [1.165, 1.54) is 0 Å². The summed E-state index contributed by atoms with van der Waals surface area (Å²) < 4.78 is 23.3. The van der Waals surface area contributed by atoms with Crippen LogP contribution in [-0.4, -0.2) is 59.9 Å². The molecule has 3 N–H and O–H groups in total. The highest BCUT2D eigenvalue weighted by Crippen LogP contribution is 2.60. The Morgan fingerprint density at radius 1 is 1.00 bits per heavy atom. The summed E-state index contributed by atoms with van der Waals surface area (Å²) in [6.45, 7) is 5.52. The van der Waals surface area contributed by atoms with E-state index in [4.69, 9.17) is 4.74 Å². The Bertz CT molecular complexity index is 2250. The molecule has 8 rings (SSSR count). The van der Waals surface area contributed by atoms with Crippen LogP contribution in [0.1, 0.15) is 41.2 Å². The fourth-order valence-corrected chi connectivity index (χ4v) is 11.8. The number of nitrogens with zero attached hydrogens (tertiary/aromatic N) is 2. The zero-order chi connectivity index (χ0) is 37.8. The van der Waals surface area contributed by atoms with Crippen molar-refractivity contribution in [2.75, 3.05) is 16.8 Å². The molecule has 4 aromatic carbocycles. The number of carbonyl (C=O) groups excluding carboxylic acids is 3. The first-order valence-corrected chi connectivity index (χ1v) is 21.6. The number of aliphatic hydroxyl groups excluding tert-OH is 1. The molecule has 3 aliphatic rings. The van der Waals surface area contributed by atoms with Crippen molar-refractivity contribution in [1.82, 2.24) is 9.88 Å². The summed E-state index contributed by atoms with van der Waals surface area (Å²) in [6, 6.07) is 30.3. The Labute approximate surface area is 315 Å². The summed E-state index contributed by atoms with van der Waals surface area (Å²) in [5, 5.41) is 14.3. The number of amides is 3. The lowest BCUT2D eigenvalue weighted by Gasteiger charge is -2.37. The summed E-state index contributed by atoms with van der Waals surface area (Å²) in [6.07, 6.45) is 1.67. The zero-order valence-electron chi connectivity index (χ0n) is 30.7. The number of aliphatic hydroxyl groups is 1. The maximum Gasteiger partial charge on any atom is 0.264 e. The van der Waals surface area contributed by atoms with Crippen LogP contribution in [0.25, 0.3) is 10.9 Å². The number of aromatic nitrogens is 1. The van der Waals surface area contributed by atoms with Crippen molar-refractivity contribution in [1.29, 1.82) is 0 Å². The molecule has 0 unspecified atom stereocenters. The third-order valence-electron chi connectivity index (χ3n) is 11.7. The van der Waals surface area contributed by atoms with Gasteiger partial charge in [0, 0.05) is 46.4 Å². The van der Waals surface area contributed by atoms with Gasteiger partial charge in [0.1, 0.15) is 0 Å². The van der Waals surface area contributed by atoms with Crippen molar-refractivity contribution in [3.8, 4) is 0 Å². The molecule has 11 heteroatoms. The SMILES string of the molecule is C[C@@H]1[C@@H]([Si](C)(C)F)[C@H](CC(=O)N2Cc3ccccc3C[C@H]2CO)O[C@@]12C(=O)N(Cc1cccc(NC(=O)Cc3c[nH]c4ccccc34)c1)c1ccccc12. The Morgan fingerprint density at radius 2 is 1.74 bits per heavy atom. The number of ether oxygens (including phenoxy) is 1. The maximum atomic E-state index is 16.5. The smallest absolute Gasteiger partial charge is 0.264 e. The second-order valence-electron chi connectivity index (χ2n) is 15.5. The number of hydrogen-bond acceptors (Lipinski definition) is 5. The zero-order valence-corrected chi connectivity index (χ0v) is 31.7. The molecule has 1 aromatic heterocycles. The molecule has 1 saturated heterocycles. The van der Waals surface area contributed by atoms with Gasteiger partial charge < -0.3 is 34.1 Å². The van der Waals surface area contributed by atoms with Crippen LogP contribution >= 0.6 is 0 Å². The first-order valence-electron chi connectivity index (χ1n) is 18.7. The molecule has 0 aliphatic carbocycles. The first kappa shape index (κ1) is 35.9. The second-order valence-corrected chi connectivity index (χ2v) is 19.3. The summed E-state index contributed by atoms with van der Waals surface area (Å²) >= 11 is 0. The third kappa shape index (κ3) is 6.23. The normalized spacial score (nSPS) is 23.5. The lowest BCUT2D eigenvalue weighted by atomic mass is 9.82. The van der Waals surface area contributed by atoms with E-state index in [-0.39, 0.29) is 43.7 Å². The standard InChI is InChI=1S/C43H45FN4O5Si/c1-27-41(54(2,3)44)38(22-40(51)47-25-30-13-5-4-12-29(30)20-33(47)26-49)53-43(27)35-16-7-9-18-37(35)48(42(43)52)24-28-11-10-14-32(19-28)46-39(50)21-31-23-45-36-17-8-6-15-34(31)36/h4-19,23,27,33,38,41,45,49H,20-22,24-26H2,1-3H3,(H,46,50)/t27-,33+,38+,41-,43+/m1/s1. The van der Waals surface area contributed by atoms with Gasteiger partial charge in [-0.1, -0.05) is 79.7 Å². The van der Waals surface area contributed by atoms with Crippen molar-refractivity contribution in [2.45, 2.75) is 75.7 Å². The van der Waals surface area contributed by atoms with Crippen LogP contribution in [0.2, 0.25) is 18.6 Å². The minimum atomic E-state index is -3.51. The van der Waals surface area contributed by atoms with E-state index in [1.807, 2.05) is 110 Å². The van der Waals surface area contributed by atoms with Crippen LogP contribution in [0.4, 0.5) is 15.5 Å². The van der Waals surface area contributed by atoms with E-state index in [2.05, 4.69) is 10.3 Å². The number of hydrogen-bond donors (Lipinski definition) is 3. The molecule has 0 saturated carbocycles. The number of halogens is 1. The van der Waals surface area contributed by atoms with Gasteiger partial charge in [-0.3, -0.25) is 14.4 Å². The number of carbonyl (C=O) groups is 3. The molecule has 1 fully saturated rings. The van der Waals surface area contributed by atoms with Crippen molar-refractivity contribution in [3.05, 3.63) is 131 Å². The molecule has 3 amide bonds. The second kappa shape index (κ2) is 14.0. The predicted molar refractivity (Wildman–Crippen MR) is 209 cm³/mol. The van der Waals surface area contributed by atoms with Crippen molar-refractivity contribution in [2.24, 2.45) is 5.92 Å². The Morgan fingerprint density at radius 3 is 2.54 bits per heavy atom. The van der Waals surface area contributed by atoms with Crippen molar-refractivity contribution in [3.63, 3.8) is 0 Å². The maximum absolute atomic E-state index is 16.5. The van der Waals surface area contributed by atoms with Crippen LogP contribution in [-0.2, 0) is 50.7 Å². The van der Waals surface area contributed by atoms with Gasteiger partial charge in [0.05, 0.1) is 43.8 Å². The summed E-state index contributed by atoms with van der Waals surface area (Å²) in [7, 11) is -3.51. The quantitative estimate of drug-likeness (QED) is 0.111. The largest absolute Gasteiger partial charge is 0.394 e. The summed E-state index contributed by atoms with van der Waals surface area (Å²) in [5.74, 6) is -1.22. The van der Waals surface area contributed by atoms with Crippen LogP contribution in [0.3, 0.4) is 0 Å². The number of benzene rings is 4. The Hall–Kier alpha value is -5.10. The number of fused-ring (bicyclic) bond motifs is 4. The highest BCUT2D eigenvalue weighted by molar-refractivity contribution is 6.72. The van der Waals surface area contributed by atoms with Crippen molar-refractivity contribution < 1.29 is 28.3 Å². The molecule has 9 nitrogen and oxygen atoms in total. The monoisotopic (exact) mass is 744 g/mol. The molecule has 5 atom stereocenters. The summed E-state index contributed by atoms with van der Waals surface area (Å²) in [5.41, 5.74) is 4.66. The molecule has 4 heterocycles. The molecule has 5 aromatic rings. The van der Waals surface area contributed by atoms with Crippen LogP contribution < -0.4 is 10.2 Å². The van der Waals surface area contributed by atoms with E-state index in [0.29, 0.717) is 29.9 Å². The highest BCUT2D eigenvalue weighted by Gasteiger charge is 2.67. The van der Waals surface area contributed by atoms with Gasteiger partial charge in [-0.25, -0.2) is 0 Å². The lowest BCUT2D eigenvalue weighted by Crippen LogP contribution is -2.48. The molecule has 54 heavy (non-hydrogen) atoms. The fraction of sp³-hybridized carbons (Fsp3) is 0.326. The topological polar surface area (TPSA) is 115 Å². The predicted octanol–water partition coefficient (Wildman–Crippen LogP) is 7.01. The molecule has 0 bridgehead atoms. The van der Waals surface area contributed by atoms with Gasteiger partial charge in [0.15, 0.2) is 5.60 Å². The van der Waals surface area contributed by atoms with E-state index in [1.54, 1.807) is 22.9 Å². The number of aromatic amines is 1. The van der Waals surface area contributed by atoms with Gasteiger partial charge in [0.2, 0.25) is 20.2 Å². The first-order chi connectivity index (χ1) is 26.0. The average molecular weight is 745 g/mol. The fourth-order valence-electron chi connectivity index (χ4n) is 9.28. The minimum absolute atomic E-state index is 0.0918. The number of anilines is 2. The summed E-state index contributed by atoms with van der Waals surface area (Å²) in [4.78, 5) is 48.7.